The highest BCUT2D eigenvalue weighted by molar-refractivity contribution is 8.10. The molecule has 0 bridgehead atoms. The van der Waals surface area contributed by atoms with Gasteiger partial charge in [-0.1, -0.05) is 22.4 Å². The van der Waals surface area contributed by atoms with E-state index in [0.29, 0.717) is 0 Å². The Balaban J connectivity index is 2.20. The summed E-state index contributed by atoms with van der Waals surface area (Å²) in [4.78, 5) is 7.98. The summed E-state index contributed by atoms with van der Waals surface area (Å²) in [7, 11) is 0. The third kappa shape index (κ3) is 2.42. The Hall–Kier alpha value is -1.85. The number of fused-ring (bicyclic) bond motifs is 1. The molecule has 2 aromatic heterocycles. The van der Waals surface area contributed by atoms with E-state index in [2.05, 4.69) is 9.97 Å². The lowest BCUT2D eigenvalue weighted by atomic mass is 10.3. The first-order chi connectivity index (χ1) is 9.79. The molecule has 0 spiro atoms. The number of hydrogen-bond donors (Lipinski definition) is 1. The summed E-state index contributed by atoms with van der Waals surface area (Å²) < 4.78 is 2.80. The van der Waals surface area contributed by atoms with Crippen LogP contribution in [0.1, 0.15) is 5.82 Å². The number of thioether (sulfide) groups is 1. The first kappa shape index (κ1) is 13.1. The van der Waals surface area contributed by atoms with Crippen molar-refractivity contribution >= 4 is 41.1 Å². The number of hydrogen-bond acceptors (Lipinski definition) is 3. The third-order valence-corrected chi connectivity index (χ3v) is 4.22. The molecule has 0 unspecified atom stereocenters. The van der Waals surface area contributed by atoms with Gasteiger partial charge in [-0.25, -0.2) is 4.98 Å². The van der Waals surface area contributed by atoms with Gasteiger partial charge in [-0.2, -0.15) is 16.3 Å². The average Bonchev–Trinajstić information content (AvgIpc) is 2.91. The minimum Gasteiger partial charge on any atom is -0.767 e. The topological polar surface area (TPSA) is 32.6 Å². The smallest absolute Gasteiger partial charge is 0.240 e. The van der Waals surface area contributed by atoms with Crippen molar-refractivity contribution in [3.05, 3.63) is 64.9 Å². The lowest BCUT2D eigenvalue weighted by Crippen LogP contribution is -2.33. The maximum atomic E-state index is 5.49. The molecule has 0 saturated carbocycles. The first-order valence-electron chi connectivity index (χ1n) is 6.16. The van der Waals surface area contributed by atoms with Gasteiger partial charge in [0.25, 0.3) is 0 Å². The molecule has 3 aromatic rings. The number of pyridine rings is 1. The molecule has 0 atom stereocenters. The Kier molecular flexibility index (Phi) is 3.71. The molecule has 0 aliphatic carbocycles. The summed E-state index contributed by atoms with van der Waals surface area (Å²) in [5.74, 6) is 0.793. The second kappa shape index (κ2) is 5.64. The van der Waals surface area contributed by atoms with E-state index in [1.54, 1.807) is 11.8 Å². The van der Waals surface area contributed by atoms with E-state index < -0.39 is 0 Å². The summed E-state index contributed by atoms with van der Waals surface area (Å²) in [5, 5.41) is 0. The number of H-pyrrole nitrogens is 1. The lowest BCUT2D eigenvalue weighted by Gasteiger charge is -2.10. The van der Waals surface area contributed by atoms with Crippen molar-refractivity contribution in [2.45, 2.75) is 0 Å². The maximum Gasteiger partial charge on any atom is 0.240 e. The molecule has 0 aliphatic rings. The third-order valence-electron chi connectivity index (χ3n) is 2.97. The Labute approximate surface area is 127 Å². The summed E-state index contributed by atoms with van der Waals surface area (Å²) in [6, 6.07) is 13.9. The average molecular weight is 299 g/mol. The van der Waals surface area contributed by atoms with E-state index in [0.717, 1.165) is 26.8 Å². The van der Waals surface area contributed by atoms with Gasteiger partial charge in [0.1, 0.15) is 0 Å². The van der Waals surface area contributed by atoms with E-state index in [4.69, 9.17) is 12.6 Å². The van der Waals surface area contributed by atoms with E-state index in [9.17, 15) is 0 Å². The predicted molar refractivity (Wildman–Crippen MR) is 85.9 cm³/mol. The molecule has 20 heavy (non-hydrogen) atoms. The Morgan fingerprint density at radius 2 is 1.90 bits per heavy atom. The van der Waals surface area contributed by atoms with Crippen LogP contribution in [0.15, 0.2) is 59.1 Å². The van der Waals surface area contributed by atoms with E-state index in [-0.39, 0.29) is 0 Å². The highest BCUT2D eigenvalue weighted by atomic mass is 32.2. The van der Waals surface area contributed by atoms with Crippen LogP contribution in [0.5, 0.6) is 0 Å². The zero-order valence-corrected chi connectivity index (χ0v) is 12.5. The number of aromatic amines is 1. The molecule has 3 nitrogen and oxygen atoms in total. The molecule has 100 valence electrons. The van der Waals surface area contributed by atoms with Gasteiger partial charge in [0.15, 0.2) is 12.4 Å². The number of nitrogens with one attached hydrogen (secondary N) is 1. The van der Waals surface area contributed by atoms with Gasteiger partial charge >= 0.3 is 0 Å². The number of nitrogens with zero attached hydrogens (tertiary/aromatic N) is 2. The van der Waals surface area contributed by atoms with Crippen molar-refractivity contribution in [3.63, 3.8) is 0 Å². The second-order valence-corrected chi connectivity index (χ2v) is 5.71. The molecule has 0 aliphatic heterocycles. The van der Waals surface area contributed by atoms with Crippen LogP contribution >= 0.6 is 11.8 Å². The molecule has 0 amide bonds. The molecule has 1 aromatic carbocycles. The van der Waals surface area contributed by atoms with Crippen molar-refractivity contribution in [2.24, 2.45) is 0 Å². The number of rotatable bonds is 3. The standard InChI is InChI=1S/C15H13N3S2/c1-20-15(19)13(18-9-5-2-6-10-18)14-16-11-7-3-4-8-12(11)17-14/h2-10H,1H3,(H-,16,17,19). The van der Waals surface area contributed by atoms with Crippen LogP contribution in [0.25, 0.3) is 16.7 Å². The fourth-order valence-corrected chi connectivity index (χ4v) is 2.63. The fraction of sp³-hybridized carbons (Fsp3) is 0.0667. The molecular weight excluding hydrogens is 286 g/mol. The maximum absolute atomic E-state index is 5.49. The summed E-state index contributed by atoms with van der Waals surface area (Å²) in [6.45, 7) is 0. The fourth-order valence-electron chi connectivity index (χ4n) is 2.03. The van der Waals surface area contributed by atoms with Gasteiger partial charge in [-0.15, -0.1) is 0 Å². The van der Waals surface area contributed by atoms with Crippen molar-refractivity contribution in [2.75, 3.05) is 6.26 Å². The Bertz CT molecular complexity index is 730. The monoisotopic (exact) mass is 299 g/mol. The molecule has 3 rings (SSSR count). The zero-order valence-electron chi connectivity index (χ0n) is 10.9. The normalized spacial score (nSPS) is 12.4. The van der Waals surface area contributed by atoms with Gasteiger partial charge in [0, 0.05) is 12.1 Å². The Morgan fingerprint density at radius 1 is 1.15 bits per heavy atom. The van der Waals surface area contributed by atoms with Crippen LogP contribution in [0.2, 0.25) is 0 Å². The molecule has 0 radical (unpaired) electrons. The van der Waals surface area contributed by atoms with Crippen LogP contribution in [0, 0.1) is 0 Å². The van der Waals surface area contributed by atoms with Crippen LogP contribution in [-0.2, 0) is 12.6 Å². The zero-order chi connectivity index (χ0) is 13.9. The molecule has 0 fully saturated rings. The number of benzene rings is 1. The summed E-state index contributed by atoms with van der Waals surface area (Å²) in [6.07, 6.45) is 5.94. The highest BCUT2D eigenvalue weighted by Crippen LogP contribution is 2.22. The van der Waals surface area contributed by atoms with Crippen molar-refractivity contribution in [1.82, 2.24) is 9.97 Å². The van der Waals surface area contributed by atoms with Gasteiger partial charge in [0.05, 0.1) is 11.0 Å². The summed E-state index contributed by atoms with van der Waals surface area (Å²) in [5.41, 5.74) is 2.87. The van der Waals surface area contributed by atoms with E-state index in [1.807, 2.05) is 65.7 Å². The van der Waals surface area contributed by atoms with Crippen molar-refractivity contribution in [1.29, 1.82) is 0 Å². The first-order valence-corrected chi connectivity index (χ1v) is 7.80. The predicted octanol–water partition coefficient (Wildman–Crippen LogP) is 2.93. The lowest BCUT2D eigenvalue weighted by molar-refractivity contribution is -0.579. The quantitative estimate of drug-likeness (QED) is 0.596. The number of para-hydroxylation sites is 2. The molecule has 1 N–H and O–H groups in total. The van der Waals surface area contributed by atoms with E-state index in [1.165, 1.54) is 0 Å². The van der Waals surface area contributed by atoms with Crippen LogP contribution in [0.3, 0.4) is 0 Å². The molecule has 2 heterocycles. The highest BCUT2D eigenvalue weighted by Gasteiger charge is 2.17. The SMILES string of the molecule is CS/C([S-])=C(/c1nc2ccccc2[nH]1)[n+]1ccccc1. The van der Waals surface area contributed by atoms with Crippen LogP contribution < -0.4 is 4.57 Å². The number of aromatic nitrogens is 3. The molecule has 5 heteroatoms. The van der Waals surface area contributed by atoms with Gasteiger partial charge in [-0.3, -0.25) is 0 Å². The van der Waals surface area contributed by atoms with Crippen molar-refractivity contribution < 1.29 is 4.57 Å². The van der Waals surface area contributed by atoms with Crippen molar-refractivity contribution in [3.8, 4) is 0 Å². The number of imidazole rings is 1. The van der Waals surface area contributed by atoms with Gasteiger partial charge < -0.3 is 17.6 Å². The summed E-state index contributed by atoms with van der Waals surface area (Å²) >= 11 is 7.04. The van der Waals surface area contributed by atoms with Crippen LogP contribution in [-0.4, -0.2) is 16.2 Å². The largest absolute Gasteiger partial charge is 0.767 e. The van der Waals surface area contributed by atoms with Gasteiger partial charge in [0.2, 0.25) is 11.5 Å². The Morgan fingerprint density at radius 3 is 2.60 bits per heavy atom. The van der Waals surface area contributed by atoms with E-state index >= 15 is 0 Å². The second-order valence-electron chi connectivity index (χ2n) is 4.23. The van der Waals surface area contributed by atoms with Crippen LogP contribution in [0.4, 0.5) is 0 Å². The molecule has 0 saturated heterocycles. The minimum absolute atomic E-state index is 0.793. The minimum atomic E-state index is 0.793. The van der Waals surface area contributed by atoms with Gasteiger partial charge in [-0.05, 0) is 18.4 Å². The molecular formula is C15H13N3S2.